The van der Waals surface area contributed by atoms with E-state index in [2.05, 4.69) is 0 Å². The maximum Gasteiger partial charge on any atom is 0.363 e. The Bertz CT molecular complexity index is 455. The van der Waals surface area contributed by atoms with Gasteiger partial charge in [0.15, 0.2) is 5.75 Å². The van der Waals surface area contributed by atoms with Crippen LogP contribution >= 0.6 is 0 Å². The van der Waals surface area contributed by atoms with Crippen LogP contribution in [0.4, 0.5) is 11.4 Å². The molecule has 0 saturated heterocycles. The minimum absolute atomic E-state index is 0.453. The first-order valence-electron chi connectivity index (χ1n) is 3.85. The number of phenolic OH excluding ortho intramolecular Hbond substituents is 3. The molecule has 16 heavy (non-hydrogen) atoms. The van der Waals surface area contributed by atoms with Gasteiger partial charge < -0.3 is 15.3 Å². The van der Waals surface area contributed by atoms with Gasteiger partial charge in [0.25, 0.3) is 5.75 Å². The third-order valence-electron chi connectivity index (χ3n) is 1.97. The number of phenols is 3. The summed E-state index contributed by atoms with van der Waals surface area (Å²) in [5, 5.41) is 48.6. The normalized spacial score (nSPS) is 10.1. The zero-order valence-electron chi connectivity index (χ0n) is 7.87. The second-order valence-electron chi connectivity index (χ2n) is 2.88. The molecule has 0 amide bonds. The SMILES string of the molecule is Cc1c(O)c(O)c([N+](=O)[O-])c(O)c1[N+](=O)[O-]. The molecule has 0 aliphatic heterocycles. The van der Waals surface area contributed by atoms with Crippen LogP contribution in [0.2, 0.25) is 0 Å². The van der Waals surface area contributed by atoms with Gasteiger partial charge in [-0.3, -0.25) is 20.2 Å². The van der Waals surface area contributed by atoms with Gasteiger partial charge in [-0.15, -0.1) is 0 Å². The van der Waals surface area contributed by atoms with E-state index in [-0.39, 0.29) is 0 Å². The van der Waals surface area contributed by atoms with Crippen LogP contribution < -0.4 is 0 Å². The van der Waals surface area contributed by atoms with Crippen LogP contribution in [-0.4, -0.2) is 25.2 Å². The molecule has 0 bridgehead atoms. The molecule has 0 fully saturated rings. The Kier molecular flexibility index (Phi) is 2.54. The number of nitrogens with zero attached hydrogens (tertiary/aromatic N) is 2. The molecular formula is C7H6N2O7. The molecule has 0 atom stereocenters. The summed E-state index contributed by atoms with van der Waals surface area (Å²) < 4.78 is 0. The van der Waals surface area contributed by atoms with E-state index < -0.39 is 44.0 Å². The molecule has 0 spiro atoms. The van der Waals surface area contributed by atoms with E-state index >= 15 is 0 Å². The van der Waals surface area contributed by atoms with E-state index in [1.165, 1.54) is 0 Å². The Morgan fingerprint density at radius 1 is 0.875 bits per heavy atom. The van der Waals surface area contributed by atoms with E-state index in [1.54, 1.807) is 0 Å². The highest BCUT2D eigenvalue weighted by Gasteiger charge is 2.35. The number of hydrogen-bond acceptors (Lipinski definition) is 7. The maximum absolute atomic E-state index is 10.5. The van der Waals surface area contributed by atoms with Gasteiger partial charge in [0.05, 0.1) is 15.4 Å². The molecule has 3 N–H and O–H groups in total. The van der Waals surface area contributed by atoms with Gasteiger partial charge in [-0.05, 0) is 6.92 Å². The van der Waals surface area contributed by atoms with Crippen LogP contribution in [0.5, 0.6) is 17.2 Å². The second-order valence-corrected chi connectivity index (χ2v) is 2.88. The van der Waals surface area contributed by atoms with Crippen molar-refractivity contribution in [3.05, 3.63) is 25.8 Å². The lowest BCUT2D eigenvalue weighted by Crippen LogP contribution is -1.98. The van der Waals surface area contributed by atoms with E-state index in [4.69, 9.17) is 5.11 Å². The molecule has 0 aliphatic rings. The minimum Gasteiger partial charge on any atom is -0.504 e. The highest BCUT2D eigenvalue weighted by Crippen LogP contribution is 2.50. The summed E-state index contributed by atoms with van der Waals surface area (Å²) in [6.45, 7) is 1.04. The molecule has 0 saturated carbocycles. The van der Waals surface area contributed by atoms with Crippen LogP contribution in [-0.2, 0) is 0 Å². The van der Waals surface area contributed by atoms with Crippen molar-refractivity contribution in [2.24, 2.45) is 0 Å². The Morgan fingerprint density at radius 2 is 1.31 bits per heavy atom. The number of nitro benzene ring substituents is 2. The van der Waals surface area contributed by atoms with Crippen molar-refractivity contribution in [1.82, 2.24) is 0 Å². The van der Waals surface area contributed by atoms with Gasteiger partial charge in [0, 0.05) is 0 Å². The summed E-state index contributed by atoms with van der Waals surface area (Å²) in [6, 6.07) is 0. The Morgan fingerprint density at radius 3 is 1.69 bits per heavy atom. The number of hydrogen-bond donors (Lipinski definition) is 3. The predicted octanol–water partition coefficient (Wildman–Crippen LogP) is 0.928. The van der Waals surface area contributed by atoms with Crippen LogP contribution in [0.3, 0.4) is 0 Å². The molecule has 0 aromatic heterocycles. The number of aromatic hydroxyl groups is 3. The Balaban J connectivity index is 3.80. The zero-order chi connectivity index (χ0) is 12.6. The molecule has 0 aliphatic carbocycles. The second kappa shape index (κ2) is 3.53. The third kappa shape index (κ3) is 1.43. The standard InChI is InChI=1S/C7H6N2O7/c1-2-3(8(13)14)6(11)4(9(15)16)7(12)5(2)10/h10-12H,1H3. The quantitative estimate of drug-likeness (QED) is 0.296. The van der Waals surface area contributed by atoms with Gasteiger partial charge in [-0.1, -0.05) is 0 Å². The lowest BCUT2D eigenvalue weighted by Gasteiger charge is -2.05. The highest BCUT2D eigenvalue weighted by molar-refractivity contribution is 5.74. The molecule has 1 aromatic carbocycles. The largest absolute Gasteiger partial charge is 0.504 e. The zero-order valence-corrected chi connectivity index (χ0v) is 7.87. The molecule has 9 heteroatoms. The Hall–Kier alpha value is -2.58. The molecule has 1 rings (SSSR count). The van der Waals surface area contributed by atoms with E-state index in [1.807, 2.05) is 0 Å². The fourth-order valence-corrected chi connectivity index (χ4v) is 1.20. The van der Waals surface area contributed by atoms with Crippen molar-refractivity contribution in [3.8, 4) is 17.2 Å². The minimum atomic E-state index is -1.30. The molecule has 0 unspecified atom stereocenters. The summed E-state index contributed by atoms with van der Waals surface area (Å²) in [7, 11) is 0. The Labute approximate surface area is 87.5 Å². The first kappa shape index (κ1) is 11.5. The van der Waals surface area contributed by atoms with Crippen LogP contribution in [0.25, 0.3) is 0 Å². The van der Waals surface area contributed by atoms with Gasteiger partial charge in [-0.2, -0.15) is 0 Å². The number of nitro groups is 2. The van der Waals surface area contributed by atoms with Crippen molar-refractivity contribution < 1.29 is 25.2 Å². The first-order valence-corrected chi connectivity index (χ1v) is 3.85. The molecule has 9 nitrogen and oxygen atoms in total. The summed E-state index contributed by atoms with van der Waals surface area (Å²) in [5.74, 6) is -3.50. The molecule has 0 heterocycles. The number of rotatable bonds is 2. The van der Waals surface area contributed by atoms with Gasteiger partial charge in [0.1, 0.15) is 0 Å². The molecule has 86 valence electrons. The van der Waals surface area contributed by atoms with Crippen molar-refractivity contribution in [2.75, 3.05) is 0 Å². The summed E-state index contributed by atoms with van der Waals surface area (Å²) >= 11 is 0. The smallest absolute Gasteiger partial charge is 0.363 e. The van der Waals surface area contributed by atoms with Crippen molar-refractivity contribution in [1.29, 1.82) is 0 Å². The van der Waals surface area contributed by atoms with E-state index in [0.717, 1.165) is 6.92 Å². The van der Waals surface area contributed by atoms with Gasteiger partial charge in [0.2, 0.25) is 5.75 Å². The molecule has 0 radical (unpaired) electrons. The molecule has 1 aromatic rings. The first-order chi connectivity index (χ1) is 7.29. The third-order valence-corrected chi connectivity index (χ3v) is 1.97. The van der Waals surface area contributed by atoms with Crippen molar-refractivity contribution in [3.63, 3.8) is 0 Å². The molecular weight excluding hydrogens is 224 g/mol. The summed E-state index contributed by atoms with van der Waals surface area (Å²) in [5.41, 5.74) is -2.76. The van der Waals surface area contributed by atoms with Crippen LogP contribution in [0.1, 0.15) is 5.56 Å². The fraction of sp³-hybridized carbons (Fsp3) is 0.143. The van der Waals surface area contributed by atoms with E-state index in [9.17, 15) is 30.4 Å². The fourth-order valence-electron chi connectivity index (χ4n) is 1.20. The predicted molar refractivity (Wildman–Crippen MR) is 49.5 cm³/mol. The average molecular weight is 230 g/mol. The number of benzene rings is 1. The van der Waals surface area contributed by atoms with Crippen molar-refractivity contribution >= 4 is 11.4 Å². The van der Waals surface area contributed by atoms with E-state index in [0.29, 0.717) is 0 Å². The lowest BCUT2D eigenvalue weighted by atomic mass is 10.1. The van der Waals surface area contributed by atoms with Gasteiger partial charge >= 0.3 is 11.4 Å². The highest BCUT2D eigenvalue weighted by atomic mass is 16.6. The van der Waals surface area contributed by atoms with Crippen LogP contribution in [0, 0.1) is 27.2 Å². The van der Waals surface area contributed by atoms with Gasteiger partial charge in [-0.25, -0.2) is 0 Å². The summed E-state index contributed by atoms with van der Waals surface area (Å²) in [4.78, 5) is 18.6. The summed E-state index contributed by atoms with van der Waals surface area (Å²) in [6.07, 6.45) is 0. The topological polar surface area (TPSA) is 147 Å². The monoisotopic (exact) mass is 230 g/mol. The van der Waals surface area contributed by atoms with Crippen molar-refractivity contribution in [2.45, 2.75) is 6.92 Å². The van der Waals surface area contributed by atoms with Crippen LogP contribution in [0.15, 0.2) is 0 Å². The maximum atomic E-state index is 10.5. The average Bonchev–Trinajstić information content (AvgIpc) is 2.13. The lowest BCUT2D eigenvalue weighted by molar-refractivity contribution is -0.397.